The molecule has 63 heavy (non-hydrogen) atoms. The van der Waals surface area contributed by atoms with Gasteiger partial charge in [0.15, 0.2) is 0 Å². The molecule has 8 aromatic rings. The molecule has 1 nitrogen and oxygen atoms in total. The Balaban J connectivity index is 0.000000183. The molecule has 0 aromatic heterocycles. The number of hydrogen-bond donors (Lipinski definition) is 0. The van der Waals surface area contributed by atoms with Crippen molar-refractivity contribution in [2.75, 3.05) is 4.90 Å². The second-order valence-electron chi connectivity index (χ2n) is 18.1. The third kappa shape index (κ3) is 10.3. The molecule has 1 aliphatic carbocycles. The maximum Gasteiger partial charge on any atom is 0.0543 e. The Bertz CT molecular complexity index is 2760. The van der Waals surface area contributed by atoms with Crippen molar-refractivity contribution < 1.29 is 0 Å². The largest absolute Gasteiger partial charge is 0.310 e. The van der Waals surface area contributed by atoms with Crippen LogP contribution in [-0.4, -0.2) is 0 Å². The molecule has 1 aliphatic rings. The van der Waals surface area contributed by atoms with Crippen LogP contribution in [0.25, 0.3) is 39.1 Å². The minimum atomic E-state index is -0.0610. The first kappa shape index (κ1) is 46.1. The molecule has 0 bridgehead atoms. The number of aryl methyl sites for hydroxylation is 4. The van der Waals surface area contributed by atoms with Gasteiger partial charge in [0.1, 0.15) is 0 Å². The highest BCUT2D eigenvalue weighted by atomic mass is 15.1. The predicted molar refractivity (Wildman–Crippen MR) is 278 cm³/mol. The zero-order valence-electron chi connectivity index (χ0n) is 39.8. The monoisotopic (exact) mass is 826 g/mol. The molecular weight excluding hydrogens is 759 g/mol. The molecule has 0 heterocycles. The molecule has 0 saturated carbocycles. The van der Waals surface area contributed by atoms with Crippen LogP contribution in [0.5, 0.6) is 0 Å². The zero-order chi connectivity index (χ0) is 45.3. The van der Waals surface area contributed by atoms with E-state index in [-0.39, 0.29) is 10.8 Å². The van der Waals surface area contributed by atoms with Crippen LogP contribution in [0.2, 0.25) is 0 Å². The van der Waals surface area contributed by atoms with Crippen LogP contribution in [0.3, 0.4) is 0 Å². The summed E-state index contributed by atoms with van der Waals surface area (Å²) in [5.74, 6) is 0. The van der Waals surface area contributed by atoms with E-state index in [4.69, 9.17) is 0 Å². The van der Waals surface area contributed by atoms with E-state index in [0.29, 0.717) is 0 Å². The van der Waals surface area contributed by atoms with Gasteiger partial charge in [-0.15, -0.1) is 0 Å². The first-order chi connectivity index (χ1) is 30.3. The van der Waals surface area contributed by atoms with Crippen molar-refractivity contribution in [1.82, 2.24) is 0 Å². The number of fused-ring (bicyclic) bond motifs is 5. The summed E-state index contributed by atoms with van der Waals surface area (Å²) in [6.45, 7) is 26.1. The van der Waals surface area contributed by atoms with Crippen molar-refractivity contribution in [3.8, 4) is 22.3 Å². The van der Waals surface area contributed by atoms with Crippen LogP contribution in [-0.2, 0) is 10.8 Å². The molecule has 8 aromatic carbocycles. The Morgan fingerprint density at radius 3 is 1.59 bits per heavy atom. The third-order valence-electron chi connectivity index (χ3n) is 11.9. The van der Waals surface area contributed by atoms with Gasteiger partial charge in [-0.3, -0.25) is 0 Å². The molecule has 320 valence electrons. The van der Waals surface area contributed by atoms with Crippen molar-refractivity contribution >= 4 is 33.9 Å². The average molecular weight is 826 g/mol. The van der Waals surface area contributed by atoms with Gasteiger partial charge in [-0.25, -0.2) is 0 Å². The highest BCUT2D eigenvalue weighted by Gasteiger charge is 2.38. The van der Waals surface area contributed by atoms with Crippen LogP contribution in [0.15, 0.2) is 182 Å². The van der Waals surface area contributed by atoms with Gasteiger partial charge in [-0.05, 0) is 126 Å². The van der Waals surface area contributed by atoms with Gasteiger partial charge in [0.2, 0.25) is 0 Å². The summed E-state index contributed by atoms with van der Waals surface area (Å²) in [6.07, 6.45) is 4.25. The molecule has 0 radical (unpaired) electrons. The van der Waals surface area contributed by atoms with Crippen LogP contribution in [0, 0.1) is 27.7 Å². The first-order valence-corrected chi connectivity index (χ1v) is 22.7. The van der Waals surface area contributed by atoms with Gasteiger partial charge < -0.3 is 4.90 Å². The fraction of sp³-hybridized carbons (Fsp3) is 0.226. The summed E-state index contributed by atoms with van der Waals surface area (Å²) in [5, 5.41) is 2.59. The lowest BCUT2D eigenvalue weighted by Crippen LogP contribution is -2.17. The highest BCUT2D eigenvalue weighted by Crippen LogP contribution is 2.54. The highest BCUT2D eigenvalue weighted by molar-refractivity contribution is 6.10. The third-order valence-corrected chi connectivity index (χ3v) is 11.9. The zero-order valence-corrected chi connectivity index (χ0v) is 39.8. The fourth-order valence-corrected chi connectivity index (χ4v) is 8.74. The standard InChI is InChI=1S/C32H27N.C17H18.C11H16.C2H6/c1-22-18-19-27-28(20-22)32(2,3)29-21-30(25-16-10-11-17-26(25)31(27)29)33(23-12-6-4-7-13-23)24-14-8-5-9-15-24;1-4-7-15-8-5-6-9-17(15)16-11-10-13(2)12-14(16)3;1-9-6-5-7-10(8-9)11(2,3)4;1-2/h4-21H,1-3H3;4-12H,1-3H3;5-8H,1-4H3;1-2H3/b;7-4+;;. The second kappa shape index (κ2) is 20.2. The summed E-state index contributed by atoms with van der Waals surface area (Å²) >= 11 is 0. The lowest BCUT2D eigenvalue weighted by Gasteiger charge is -2.29. The van der Waals surface area contributed by atoms with Crippen molar-refractivity contribution in [2.45, 2.75) is 93.9 Å². The summed E-state index contributed by atoms with van der Waals surface area (Å²) in [4.78, 5) is 2.40. The molecule has 9 rings (SSSR count). The number of hydrogen-bond acceptors (Lipinski definition) is 1. The summed E-state index contributed by atoms with van der Waals surface area (Å²) < 4.78 is 0. The Hall–Kier alpha value is -6.44. The first-order valence-electron chi connectivity index (χ1n) is 22.7. The fourth-order valence-electron chi connectivity index (χ4n) is 8.74. The number of nitrogens with zero attached hydrogens (tertiary/aromatic N) is 1. The van der Waals surface area contributed by atoms with Crippen molar-refractivity contribution in [3.05, 3.63) is 227 Å². The minimum absolute atomic E-state index is 0.0610. The van der Waals surface area contributed by atoms with Crippen molar-refractivity contribution in [3.63, 3.8) is 0 Å². The lowest BCUT2D eigenvalue weighted by atomic mass is 9.81. The summed E-state index contributed by atoms with van der Waals surface area (Å²) in [7, 11) is 0. The molecule has 0 atom stereocenters. The van der Waals surface area contributed by atoms with E-state index in [1.807, 2.05) is 13.8 Å². The molecule has 0 spiro atoms. The Labute approximate surface area is 379 Å². The SMILES string of the molecule is C/C=C/c1ccccc1-c1ccc(C)cc1C.CC.Cc1ccc2c(c1)C(C)(C)c1cc(N(c3ccccc3)c3ccccc3)c3ccccc3c1-2.Cc1cccc(C(C)(C)C)c1. The van der Waals surface area contributed by atoms with E-state index in [2.05, 4.69) is 262 Å². The van der Waals surface area contributed by atoms with Gasteiger partial charge in [0, 0.05) is 22.2 Å². The molecule has 0 N–H and O–H groups in total. The maximum absolute atomic E-state index is 2.44. The smallest absolute Gasteiger partial charge is 0.0543 e. The predicted octanol–water partition coefficient (Wildman–Crippen LogP) is 18.2. The Morgan fingerprint density at radius 2 is 1.02 bits per heavy atom. The van der Waals surface area contributed by atoms with E-state index in [1.165, 1.54) is 83.2 Å². The van der Waals surface area contributed by atoms with Gasteiger partial charge in [-0.2, -0.15) is 0 Å². The van der Waals surface area contributed by atoms with Crippen LogP contribution >= 0.6 is 0 Å². The molecule has 1 heteroatoms. The van der Waals surface area contributed by atoms with Gasteiger partial charge in [0.05, 0.1) is 5.69 Å². The quantitative estimate of drug-likeness (QED) is 0.167. The molecule has 0 unspecified atom stereocenters. The number of allylic oxidation sites excluding steroid dienone is 1. The molecule has 0 fully saturated rings. The normalized spacial score (nSPS) is 12.2. The van der Waals surface area contributed by atoms with Crippen LogP contribution in [0.4, 0.5) is 17.1 Å². The van der Waals surface area contributed by atoms with Gasteiger partial charge in [-0.1, -0.05) is 223 Å². The minimum Gasteiger partial charge on any atom is -0.310 e. The van der Waals surface area contributed by atoms with Crippen molar-refractivity contribution in [2.24, 2.45) is 0 Å². The van der Waals surface area contributed by atoms with E-state index < -0.39 is 0 Å². The van der Waals surface area contributed by atoms with E-state index >= 15 is 0 Å². The van der Waals surface area contributed by atoms with E-state index in [1.54, 1.807) is 0 Å². The van der Waals surface area contributed by atoms with Crippen LogP contribution < -0.4 is 4.90 Å². The number of benzene rings is 8. The summed E-state index contributed by atoms with van der Waals surface area (Å²) in [6, 6.07) is 63.5. The molecule has 0 aliphatic heterocycles. The molecule has 0 amide bonds. The Morgan fingerprint density at radius 1 is 0.476 bits per heavy atom. The second-order valence-corrected chi connectivity index (χ2v) is 18.1. The van der Waals surface area contributed by atoms with Gasteiger partial charge >= 0.3 is 0 Å². The number of anilines is 3. The molecule has 0 saturated heterocycles. The molecular formula is C62H67N. The van der Waals surface area contributed by atoms with Crippen LogP contribution in [0.1, 0.15) is 99.9 Å². The van der Waals surface area contributed by atoms with E-state index in [9.17, 15) is 0 Å². The summed E-state index contributed by atoms with van der Waals surface area (Å²) in [5.41, 5.74) is 20.0. The van der Waals surface area contributed by atoms with E-state index in [0.717, 1.165) is 11.4 Å². The lowest BCUT2D eigenvalue weighted by molar-refractivity contribution is 0.590. The van der Waals surface area contributed by atoms with Crippen molar-refractivity contribution in [1.29, 1.82) is 0 Å². The number of para-hydroxylation sites is 2. The number of rotatable bonds is 5. The maximum atomic E-state index is 2.44. The topological polar surface area (TPSA) is 3.24 Å². The Kier molecular flexibility index (Phi) is 14.7. The van der Waals surface area contributed by atoms with Gasteiger partial charge in [0.25, 0.3) is 0 Å². The average Bonchev–Trinajstić information content (AvgIpc) is 3.51.